The molecule has 0 spiro atoms. The zero-order valence-corrected chi connectivity index (χ0v) is 11.3. The largest absolute Gasteiger partial charge is 0.478 e. The molecule has 1 aromatic rings. The number of rotatable bonds is 4. The Morgan fingerprint density at radius 1 is 1.42 bits per heavy atom. The van der Waals surface area contributed by atoms with Gasteiger partial charge in [-0.1, -0.05) is 19.8 Å². The van der Waals surface area contributed by atoms with Gasteiger partial charge < -0.3 is 14.4 Å². The van der Waals surface area contributed by atoms with Crippen LogP contribution in [0.1, 0.15) is 59.3 Å². The predicted octanol–water partition coefficient (Wildman–Crippen LogP) is 2.55. The van der Waals surface area contributed by atoms with Crippen LogP contribution in [0.15, 0.2) is 10.5 Å². The third-order valence-corrected chi connectivity index (χ3v) is 3.76. The number of furan rings is 1. The van der Waals surface area contributed by atoms with Crippen molar-refractivity contribution in [1.29, 1.82) is 0 Å². The molecule has 0 bridgehead atoms. The van der Waals surface area contributed by atoms with Gasteiger partial charge in [-0.3, -0.25) is 4.79 Å². The second-order valence-electron chi connectivity index (χ2n) is 4.96. The number of amides is 1. The standard InChI is InChI=1S/C14H19NO4/c1-3-11-10(14(17)18)8-12(19-11)13(16)15(2)9-6-4-5-7-9/h8-9H,3-7H2,1-2H3,(H,17,18). The second kappa shape index (κ2) is 5.47. The monoisotopic (exact) mass is 265 g/mol. The van der Waals surface area contributed by atoms with Gasteiger partial charge in [0.15, 0.2) is 5.76 Å². The molecule has 1 aliphatic rings. The zero-order chi connectivity index (χ0) is 14.0. The van der Waals surface area contributed by atoms with Crippen LogP contribution in [0.5, 0.6) is 0 Å². The Balaban J connectivity index is 2.21. The summed E-state index contributed by atoms with van der Waals surface area (Å²) in [4.78, 5) is 25.0. The summed E-state index contributed by atoms with van der Waals surface area (Å²) in [7, 11) is 1.76. The van der Waals surface area contributed by atoms with Gasteiger partial charge in [-0.15, -0.1) is 0 Å². The molecule has 1 heterocycles. The predicted molar refractivity (Wildman–Crippen MR) is 69.4 cm³/mol. The van der Waals surface area contributed by atoms with Gasteiger partial charge in [0.05, 0.1) is 0 Å². The first-order valence-electron chi connectivity index (χ1n) is 6.67. The minimum absolute atomic E-state index is 0.0886. The van der Waals surface area contributed by atoms with Crippen LogP contribution in [0.4, 0.5) is 0 Å². The molecule has 0 saturated heterocycles. The summed E-state index contributed by atoms with van der Waals surface area (Å²) in [5.41, 5.74) is 0.0886. The highest BCUT2D eigenvalue weighted by molar-refractivity contribution is 5.96. The molecule has 1 N–H and O–H groups in total. The van der Waals surface area contributed by atoms with E-state index < -0.39 is 5.97 Å². The van der Waals surface area contributed by atoms with E-state index in [0.29, 0.717) is 12.2 Å². The molecule has 0 radical (unpaired) electrons. The highest BCUT2D eigenvalue weighted by Gasteiger charge is 2.27. The molecule has 2 rings (SSSR count). The molecule has 5 heteroatoms. The number of hydrogen-bond acceptors (Lipinski definition) is 3. The summed E-state index contributed by atoms with van der Waals surface area (Å²) >= 11 is 0. The van der Waals surface area contributed by atoms with Gasteiger partial charge >= 0.3 is 5.97 Å². The molecule has 19 heavy (non-hydrogen) atoms. The number of carbonyl (C=O) groups excluding carboxylic acids is 1. The maximum atomic E-state index is 12.3. The number of carbonyl (C=O) groups is 2. The first kappa shape index (κ1) is 13.6. The molecule has 5 nitrogen and oxygen atoms in total. The lowest BCUT2D eigenvalue weighted by Gasteiger charge is -2.23. The van der Waals surface area contributed by atoms with E-state index in [4.69, 9.17) is 9.52 Å². The number of hydrogen-bond donors (Lipinski definition) is 1. The molecule has 1 fully saturated rings. The van der Waals surface area contributed by atoms with E-state index in [0.717, 1.165) is 25.7 Å². The normalized spacial score (nSPS) is 15.7. The van der Waals surface area contributed by atoms with Crippen molar-refractivity contribution in [3.8, 4) is 0 Å². The molecule has 0 atom stereocenters. The van der Waals surface area contributed by atoms with Crippen molar-refractivity contribution < 1.29 is 19.1 Å². The number of nitrogens with zero attached hydrogens (tertiary/aromatic N) is 1. The number of carboxylic acid groups (broad SMARTS) is 1. The average molecular weight is 265 g/mol. The summed E-state index contributed by atoms with van der Waals surface area (Å²) in [5.74, 6) is -0.795. The fourth-order valence-electron chi connectivity index (χ4n) is 2.61. The van der Waals surface area contributed by atoms with Gasteiger partial charge in [0, 0.05) is 25.6 Å². The van der Waals surface area contributed by atoms with Crippen molar-refractivity contribution in [2.75, 3.05) is 7.05 Å². The molecule has 1 aromatic heterocycles. The van der Waals surface area contributed by atoms with Gasteiger partial charge in [-0.2, -0.15) is 0 Å². The van der Waals surface area contributed by atoms with Gasteiger partial charge in [-0.25, -0.2) is 4.79 Å². The smallest absolute Gasteiger partial charge is 0.339 e. The summed E-state index contributed by atoms with van der Waals surface area (Å²) in [6, 6.07) is 1.59. The van der Waals surface area contributed by atoms with E-state index >= 15 is 0 Å². The first-order chi connectivity index (χ1) is 9.04. The number of aryl methyl sites for hydroxylation is 1. The van der Waals surface area contributed by atoms with E-state index in [1.807, 2.05) is 0 Å². The molecule has 1 saturated carbocycles. The molecule has 1 amide bonds. The lowest BCUT2D eigenvalue weighted by molar-refractivity contribution is 0.0687. The van der Waals surface area contributed by atoms with Crippen molar-refractivity contribution in [1.82, 2.24) is 4.90 Å². The highest BCUT2D eigenvalue weighted by atomic mass is 16.4. The minimum Gasteiger partial charge on any atom is -0.478 e. The van der Waals surface area contributed by atoms with Crippen LogP contribution in [-0.4, -0.2) is 35.0 Å². The fraction of sp³-hybridized carbons (Fsp3) is 0.571. The van der Waals surface area contributed by atoms with Gasteiger partial charge in [0.1, 0.15) is 11.3 Å². The van der Waals surface area contributed by atoms with Crippen LogP contribution in [0, 0.1) is 0 Å². The Morgan fingerprint density at radius 2 is 2.05 bits per heavy atom. The first-order valence-corrected chi connectivity index (χ1v) is 6.67. The Kier molecular flexibility index (Phi) is 3.93. The summed E-state index contributed by atoms with van der Waals surface area (Å²) in [5, 5.41) is 9.06. The molecule has 0 aromatic carbocycles. The van der Waals surface area contributed by atoms with Crippen molar-refractivity contribution in [3.05, 3.63) is 23.2 Å². The maximum Gasteiger partial charge on any atom is 0.339 e. The van der Waals surface area contributed by atoms with Crippen LogP contribution in [0.3, 0.4) is 0 Å². The van der Waals surface area contributed by atoms with E-state index in [9.17, 15) is 9.59 Å². The molecule has 0 aliphatic heterocycles. The van der Waals surface area contributed by atoms with Crippen molar-refractivity contribution >= 4 is 11.9 Å². The molecule has 1 aliphatic carbocycles. The van der Waals surface area contributed by atoms with Crippen LogP contribution < -0.4 is 0 Å². The fourth-order valence-corrected chi connectivity index (χ4v) is 2.61. The quantitative estimate of drug-likeness (QED) is 0.908. The molecule has 104 valence electrons. The zero-order valence-electron chi connectivity index (χ0n) is 11.3. The second-order valence-corrected chi connectivity index (χ2v) is 4.96. The van der Waals surface area contributed by atoms with Crippen LogP contribution in [0.25, 0.3) is 0 Å². The van der Waals surface area contributed by atoms with Crippen LogP contribution in [0.2, 0.25) is 0 Å². The number of aromatic carboxylic acids is 1. The van der Waals surface area contributed by atoms with E-state index in [1.54, 1.807) is 18.9 Å². The summed E-state index contributed by atoms with van der Waals surface area (Å²) in [6.45, 7) is 1.81. The van der Waals surface area contributed by atoms with E-state index in [1.165, 1.54) is 6.07 Å². The highest BCUT2D eigenvalue weighted by Crippen LogP contribution is 2.25. The Bertz CT molecular complexity index is 486. The van der Waals surface area contributed by atoms with Crippen molar-refractivity contribution in [3.63, 3.8) is 0 Å². The maximum absolute atomic E-state index is 12.3. The van der Waals surface area contributed by atoms with E-state index in [2.05, 4.69) is 0 Å². The summed E-state index contributed by atoms with van der Waals surface area (Å²) < 4.78 is 5.40. The topological polar surface area (TPSA) is 70.8 Å². The van der Waals surface area contributed by atoms with Crippen LogP contribution in [-0.2, 0) is 6.42 Å². The lowest BCUT2D eigenvalue weighted by atomic mass is 10.2. The minimum atomic E-state index is -1.05. The van der Waals surface area contributed by atoms with Gasteiger partial charge in [0.25, 0.3) is 5.91 Å². The van der Waals surface area contributed by atoms with Crippen molar-refractivity contribution in [2.45, 2.75) is 45.1 Å². The third-order valence-electron chi connectivity index (χ3n) is 3.76. The Morgan fingerprint density at radius 3 is 2.53 bits per heavy atom. The van der Waals surface area contributed by atoms with Crippen LogP contribution >= 0.6 is 0 Å². The Labute approximate surface area is 112 Å². The molecule has 0 unspecified atom stereocenters. The van der Waals surface area contributed by atoms with Gasteiger partial charge in [-0.05, 0) is 12.8 Å². The van der Waals surface area contributed by atoms with E-state index in [-0.39, 0.29) is 23.3 Å². The summed E-state index contributed by atoms with van der Waals surface area (Å²) in [6.07, 6.45) is 4.76. The lowest BCUT2D eigenvalue weighted by Crippen LogP contribution is -2.34. The average Bonchev–Trinajstić information content (AvgIpc) is 3.05. The van der Waals surface area contributed by atoms with Gasteiger partial charge in [0.2, 0.25) is 0 Å². The molecular weight excluding hydrogens is 246 g/mol. The van der Waals surface area contributed by atoms with Crippen molar-refractivity contribution in [2.24, 2.45) is 0 Å². The SMILES string of the molecule is CCc1oc(C(=O)N(C)C2CCCC2)cc1C(=O)O. The third kappa shape index (κ3) is 2.64. The number of carboxylic acids is 1. The Hall–Kier alpha value is -1.78. The molecular formula is C14H19NO4.